The van der Waals surface area contributed by atoms with Crippen molar-refractivity contribution in [2.24, 2.45) is 0 Å². The maximum Gasteiger partial charge on any atom is 0.358 e. The van der Waals surface area contributed by atoms with Crippen molar-refractivity contribution in [1.82, 2.24) is 4.98 Å². The third-order valence-electron chi connectivity index (χ3n) is 1.79. The second-order valence-corrected chi connectivity index (χ2v) is 3.44. The molecule has 0 aromatic carbocycles. The van der Waals surface area contributed by atoms with Crippen molar-refractivity contribution in [2.45, 2.75) is 12.3 Å². The highest BCUT2D eigenvalue weighted by molar-refractivity contribution is 6.34. The van der Waals surface area contributed by atoms with Gasteiger partial charge in [0.1, 0.15) is 0 Å². The standard InChI is InChI=1S/C9H7Cl2F2NO2/c1-16-9(15)7-6(11)5(8(12)13)2-4(3-10)14-7/h2,8H,3H2,1H3. The lowest BCUT2D eigenvalue weighted by Gasteiger charge is -2.08. The Morgan fingerprint density at radius 1 is 1.62 bits per heavy atom. The number of nitrogens with zero attached hydrogens (tertiary/aromatic N) is 1. The monoisotopic (exact) mass is 269 g/mol. The summed E-state index contributed by atoms with van der Waals surface area (Å²) in [7, 11) is 1.11. The van der Waals surface area contributed by atoms with E-state index in [4.69, 9.17) is 23.2 Å². The number of carbonyl (C=O) groups excluding carboxylic acids is 1. The van der Waals surface area contributed by atoms with Gasteiger partial charge < -0.3 is 4.74 Å². The maximum absolute atomic E-state index is 12.6. The first-order valence-electron chi connectivity index (χ1n) is 4.13. The number of halogens is 4. The SMILES string of the molecule is COC(=O)c1nc(CCl)cc(C(F)F)c1Cl. The predicted octanol–water partition coefficient (Wildman–Crippen LogP) is 3.20. The largest absolute Gasteiger partial charge is 0.464 e. The molecule has 88 valence electrons. The highest BCUT2D eigenvalue weighted by Crippen LogP contribution is 2.30. The molecule has 0 fully saturated rings. The summed E-state index contributed by atoms with van der Waals surface area (Å²) in [5.74, 6) is -0.972. The summed E-state index contributed by atoms with van der Waals surface area (Å²) >= 11 is 11.1. The fourth-order valence-electron chi connectivity index (χ4n) is 1.06. The minimum atomic E-state index is -2.80. The van der Waals surface area contributed by atoms with E-state index < -0.39 is 23.0 Å². The Hall–Kier alpha value is -0.940. The van der Waals surface area contributed by atoms with Crippen molar-refractivity contribution in [3.8, 4) is 0 Å². The molecule has 7 heteroatoms. The van der Waals surface area contributed by atoms with Gasteiger partial charge >= 0.3 is 5.97 Å². The Kier molecular flexibility index (Phi) is 4.44. The molecule has 0 N–H and O–H groups in total. The average Bonchev–Trinajstić information content (AvgIpc) is 2.28. The number of hydrogen-bond donors (Lipinski definition) is 0. The first-order valence-corrected chi connectivity index (χ1v) is 5.04. The van der Waals surface area contributed by atoms with Crippen LogP contribution >= 0.6 is 23.2 Å². The minimum Gasteiger partial charge on any atom is -0.464 e. The molecule has 0 aliphatic heterocycles. The van der Waals surface area contributed by atoms with Crippen molar-refractivity contribution < 1.29 is 18.3 Å². The van der Waals surface area contributed by atoms with Gasteiger partial charge in [0.2, 0.25) is 0 Å². The Morgan fingerprint density at radius 3 is 2.69 bits per heavy atom. The van der Waals surface area contributed by atoms with Gasteiger partial charge in [-0.05, 0) is 6.07 Å². The van der Waals surface area contributed by atoms with Crippen LogP contribution < -0.4 is 0 Å². The predicted molar refractivity (Wildman–Crippen MR) is 55.1 cm³/mol. The molecule has 16 heavy (non-hydrogen) atoms. The summed E-state index contributed by atoms with van der Waals surface area (Å²) in [6, 6.07) is 1.06. The number of methoxy groups -OCH3 is 1. The number of ether oxygens (including phenoxy) is 1. The molecule has 0 bridgehead atoms. The quantitative estimate of drug-likeness (QED) is 0.625. The Bertz CT molecular complexity index is 413. The smallest absolute Gasteiger partial charge is 0.358 e. The van der Waals surface area contributed by atoms with E-state index in [9.17, 15) is 13.6 Å². The Balaban J connectivity index is 3.37. The summed E-state index contributed by atoms with van der Waals surface area (Å²) < 4.78 is 29.5. The van der Waals surface area contributed by atoms with E-state index in [1.54, 1.807) is 0 Å². The molecule has 3 nitrogen and oxygen atoms in total. The first kappa shape index (κ1) is 13.1. The summed E-state index contributed by atoms with van der Waals surface area (Å²) in [4.78, 5) is 15.0. The summed E-state index contributed by atoms with van der Waals surface area (Å²) in [5.41, 5.74) is -0.688. The van der Waals surface area contributed by atoms with Gasteiger partial charge in [-0.25, -0.2) is 18.6 Å². The highest BCUT2D eigenvalue weighted by Gasteiger charge is 2.22. The zero-order valence-corrected chi connectivity index (χ0v) is 9.65. The molecule has 0 spiro atoms. The van der Waals surface area contributed by atoms with E-state index in [2.05, 4.69) is 9.72 Å². The molecule has 1 rings (SSSR count). The van der Waals surface area contributed by atoms with Crippen LogP contribution in [0.15, 0.2) is 6.07 Å². The van der Waals surface area contributed by atoms with Crippen LogP contribution in [-0.2, 0) is 10.6 Å². The molecular weight excluding hydrogens is 263 g/mol. The molecule has 0 radical (unpaired) electrons. The van der Waals surface area contributed by atoms with Gasteiger partial charge in [0, 0.05) is 5.56 Å². The fraction of sp³-hybridized carbons (Fsp3) is 0.333. The molecule has 0 amide bonds. The lowest BCUT2D eigenvalue weighted by molar-refractivity contribution is 0.0593. The first-order chi connectivity index (χ1) is 7.51. The number of alkyl halides is 3. The lowest BCUT2D eigenvalue weighted by atomic mass is 10.2. The zero-order valence-electron chi connectivity index (χ0n) is 8.14. The summed E-state index contributed by atoms with van der Waals surface area (Å²) in [6.45, 7) is 0. The average molecular weight is 270 g/mol. The number of esters is 1. The molecule has 0 aliphatic rings. The molecule has 1 aromatic heterocycles. The molecule has 0 saturated heterocycles. The Morgan fingerprint density at radius 2 is 2.25 bits per heavy atom. The lowest BCUT2D eigenvalue weighted by Crippen LogP contribution is -2.09. The van der Waals surface area contributed by atoms with Crippen molar-refractivity contribution in [3.05, 3.63) is 28.0 Å². The van der Waals surface area contributed by atoms with Gasteiger partial charge in [0.05, 0.1) is 23.7 Å². The summed E-state index contributed by atoms with van der Waals surface area (Å²) in [6.07, 6.45) is -2.80. The normalized spacial score (nSPS) is 10.6. The van der Waals surface area contributed by atoms with Gasteiger partial charge in [0.15, 0.2) is 5.69 Å². The molecular formula is C9H7Cl2F2NO2. The van der Waals surface area contributed by atoms with Crippen LogP contribution in [0.25, 0.3) is 0 Å². The van der Waals surface area contributed by atoms with Crippen molar-refractivity contribution in [1.29, 1.82) is 0 Å². The Labute approximate surface area is 100 Å². The topological polar surface area (TPSA) is 39.2 Å². The van der Waals surface area contributed by atoms with Crippen LogP contribution in [0.4, 0.5) is 8.78 Å². The van der Waals surface area contributed by atoms with Crippen molar-refractivity contribution >= 4 is 29.2 Å². The molecule has 1 aromatic rings. The number of aromatic nitrogens is 1. The van der Waals surface area contributed by atoms with Crippen LogP contribution in [0.3, 0.4) is 0 Å². The molecule has 1 heterocycles. The second-order valence-electron chi connectivity index (χ2n) is 2.79. The minimum absolute atomic E-state index is 0.0963. The van der Waals surface area contributed by atoms with Crippen LogP contribution in [0.1, 0.15) is 28.2 Å². The van der Waals surface area contributed by atoms with Crippen molar-refractivity contribution in [2.75, 3.05) is 7.11 Å². The number of rotatable bonds is 3. The number of hydrogen-bond acceptors (Lipinski definition) is 3. The maximum atomic E-state index is 12.6. The van der Waals surface area contributed by atoms with E-state index in [1.165, 1.54) is 0 Å². The van der Waals surface area contributed by atoms with E-state index in [0.29, 0.717) is 0 Å². The van der Waals surface area contributed by atoms with Gasteiger partial charge in [-0.1, -0.05) is 11.6 Å². The second kappa shape index (κ2) is 5.41. The third kappa shape index (κ3) is 2.59. The van der Waals surface area contributed by atoms with Gasteiger partial charge in [0.25, 0.3) is 6.43 Å². The van der Waals surface area contributed by atoms with E-state index in [0.717, 1.165) is 13.2 Å². The molecule has 0 saturated carbocycles. The van der Waals surface area contributed by atoms with Gasteiger partial charge in [-0.15, -0.1) is 11.6 Å². The zero-order chi connectivity index (χ0) is 12.3. The molecule has 0 atom stereocenters. The van der Waals surface area contributed by atoms with Crippen LogP contribution in [0.5, 0.6) is 0 Å². The molecule has 0 unspecified atom stereocenters. The van der Waals surface area contributed by atoms with Crippen molar-refractivity contribution in [3.63, 3.8) is 0 Å². The fourth-order valence-corrected chi connectivity index (χ4v) is 1.46. The van der Waals surface area contributed by atoms with Crippen LogP contribution in [0, 0.1) is 0 Å². The van der Waals surface area contributed by atoms with Crippen LogP contribution in [0.2, 0.25) is 5.02 Å². The van der Waals surface area contributed by atoms with Gasteiger partial charge in [-0.2, -0.15) is 0 Å². The highest BCUT2D eigenvalue weighted by atomic mass is 35.5. The third-order valence-corrected chi connectivity index (χ3v) is 2.46. The molecule has 0 aliphatic carbocycles. The van der Waals surface area contributed by atoms with Crippen LogP contribution in [-0.4, -0.2) is 18.1 Å². The van der Waals surface area contributed by atoms with E-state index >= 15 is 0 Å². The van der Waals surface area contributed by atoms with Gasteiger partial charge in [-0.3, -0.25) is 0 Å². The summed E-state index contributed by atoms with van der Waals surface area (Å²) in [5, 5.41) is -0.407. The number of carbonyl (C=O) groups is 1. The number of pyridine rings is 1. The van der Waals surface area contributed by atoms with E-state index in [-0.39, 0.29) is 17.3 Å². The van der Waals surface area contributed by atoms with E-state index in [1.807, 2.05) is 0 Å².